The lowest BCUT2D eigenvalue weighted by molar-refractivity contribution is 0.591. The summed E-state index contributed by atoms with van der Waals surface area (Å²) in [5.74, 6) is 0. The van der Waals surface area contributed by atoms with E-state index in [1.165, 1.54) is 71.6 Å². The lowest BCUT2D eigenvalue weighted by Gasteiger charge is -2.30. The first-order valence-corrected chi connectivity index (χ1v) is 15.2. The fourth-order valence-corrected chi connectivity index (χ4v) is 7.94. The van der Waals surface area contributed by atoms with Gasteiger partial charge in [-0.15, -0.1) is 0 Å². The molecule has 0 saturated heterocycles. The Morgan fingerprint density at radius 1 is 0.488 bits per heavy atom. The smallest absolute Gasteiger partial charge is 0.0780 e. The van der Waals surface area contributed by atoms with Crippen molar-refractivity contribution in [1.29, 1.82) is 0 Å². The van der Waals surface area contributed by atoms with Crippen LogP contribution in [0.4, 0.5) is 0 Å². The Labute approximate surface area is 252 Å². The van der Waals surface area contributed by atoms with Gasteiger partial charge in [0.05, 0.1) is 11.1 Å². The van der Waals surface area contributed by atoms with Gasteiger partial charge in [0, 0.05) is 17.1 Å². The monoisotopic (exact) mass is 549 g/mol. The van der Waals surface area contributed by atoms with Gasteiger partial charge in [-0.05, 0) is 83.8 Å². The van der Waals surface area contributed by atoms with Gasteiger partial charge >= 0.3 is 0 Å². The second-order valence-corrected chi connectivity index (χ2v) is 13.2. The minimum absolute atomic E-state index is 0.116. The average molecular weight is 550 g/mol. The maximum atomic E-state index is 4.98. The van der Waals surface area contributed by atoms with Crippen molar-refractivity contribution in [2.75, 3.05) is 0 Å². The van der Waals surface area contributed by atoms with Crippen molar-refractivity contribution in [3.8, 4) is 33.5 Å². The van der Waals surface area contributed by atoms with E-state index in [0.717, 1.165) is 11.3 Å². The number of hydrogen-bond donors (Lipinski definition) is 0. The summed E-state index contributed by atoms with van der Waals surface area (Å²) >= 11 is 0. The minimum atomic E-state index is -0.315. The molecule has 0 aliphatic heterocycles. The molecule has 2 aliphatic carbocycles. The predicted molar refractivity (Wildman–Crippen MR) is 180 cm³/mol. The summed E-state index contributed by atoms with van der Waals surface area (Å²) in [5, 5.41) is 4.99. The number of hydrogen-bond acceptors (Lipinski definition) is 1. The van der Waals surface area contributed by atoms with E-state index in [1.807, 2.05) is 6.20 Å². The van der Waals surface area contributed by atoms with E-state index in [2.05, 4.69) is 148 Å². The van der Waals surface area contributed by atoms with Gasteiger partial charge in [0.1, 0.15) is 0 Å². The largest absolute Gasteiger partial charge is 0.256 e. The topological polar surface area (TPSA) is 12.9 Å². The predicted octanol–water partition coefficient (Wildman–Crippen LogP) is 10.7. The quantitative estimate of drug-likeness (QED) is 0.186. The molecule has 0 unspecified atom stereocenters. The summed E-state index contributed by atoms with van der Waals surface area (Å²) in [6.45, 7) is 6.82. The summed E-state index contributed by atoms with van der Waals surface area (Å²) < 4.78 is 0. The van der Waals surface area contributed by atoms with Crippen LogP contribution >= 0.6 is 0 Å². The second kappa shape index (κ2) is 8.52. The molecule has 2 aliphatic rings. The number of pyridine rings is 1. The molecular weight excluding hydrogens is 518 g/mol. The number of fused-ring (bicyclic) bond motifs is 13. The summed E-state index contributed by atoms with van der Waals surface area (Å²) in [4.78, 5) is 4.98. The van der Waals surface area contributed by atoms with E-state index < -0.39 is 0 Å². The third-order valence-electron chi connectivity index (χ3n) is 9.90. The third kappa shape index (κ3) is 3.20. The highest BCUT2D eigenvalue weighted by molar-refractivity contribution is 6.11. The molecule has 1 aromatic heterocycles. The standard InChI is InChI=1S/C42H31N/c1-41(2,3)28-18-20-29-26(24-28)16-19-34-30(29)22-23-43-40(34)27-17-21-39-35(25-27)33-12-6-9-15-38(33)42(39)36-13-7-4-10-31(36)32-11-5-8-14-37(32)42/h4-25H,1-3H3. The van der Waals surface area contributed by atoms with Crippen LogP contribution in [-0.2, 0) is 10.8 Å². The molecule has 0 saturated carbocycles. The number of nitrogens with zero attached hydrogens (tertiary/aromatic N) is 1. The van der Waals surface area contributed by atoms with Crippen LogP contribution in [0.2, 0.25) is 0 Å². The minimum Gasteiger partial charge on any atom is -0.256 e. The van der Waals surface area contributed by atoms with Crippen LogP contribution in [-0.4, -0.2) is 4.98 Å². The second-order valence-electron chi connectivity index (χ2n) is 13.2. The molecule has 0 atom stereocenters. The van der Waals surface area contributed by atoms with E-state index in [4.69, 9.17) is 4.98 Å². The van der Waals surface area contributed by atoms with E-state index in [0.29, 0.717) is 0 Å². The van der Waals surface area contributed by atoms with Gasteiger partial charge in [0.25, 0.3) is 0 Å². The van der Waals surface area contributed by atoms with Gasteiger partial charge in [-0.1, -0.05) is 136 Å². The first-order chi connectivity index (χ1) is 21.0. The van der Waals surface area contributed by atoms with Crippen LogP contribution in [0, 0.1) is 0 Å². The molecule has 0 radical (unpaired) electrons. The normalized spacial score (nSPS) is 14.1. The SMILES string of the molecule is CC(C)(C)c1ccc2c(ccc3c(-c4ccc5c(c4)-c4ccccc4C54c5ccccc5-c5ccccc54)nccc32)c1. The van der Waals surface area contributed by atoms with E-state index in [9.17, 15) is 0 Å². The van der Waals surface area contributed by atoms with Crippen molar-refractivity contribution in [2.24, 2.45) is 0 Å². The molecule has 0 N–H and O–H groups in total. The summed E-state index contributed by atoms with van der Waals surface area (Å²) in [6.07, 6.45) is 1.97. The third-order valence-corrected chi connectivity index (χ3v) is 9.90. The summed E-state index contributed by atoms with van der Waals surface area (Å²) in [6, 6.07) is 47.6. The fourth-order valence-electron chi connectivity index (χ4n) is 7.94. The average Bonchev–Trinajstić information content (AvgIpc) is 3.51. The van der Waals surface area contributed by atoms with Gasteiger partial charge in [-0.3, -0.25) is 4.98 Å². The van der Waals surface area contributed by atoms with Gasteiger partial charge in [0.15, 0.2) is 0 Å². The van der Waals surface area contributed by atoms with Crippen LogP contribution in [0.15, 0.2) is 134 Å². The molecule has 204 valence electrons. The van der Waals surface area contributed by atoms with E-state index >= 15 is 0 Å². The molecule has 1 spiro atoms. The van der Waals surface area contributed by atoms with Crippen molar-refractivity contribution in [3.05, 3.63) is 161 Å². The van der Waals surface area contributed by atoms with Crippen LogP contribution in [0.3, 0.4) is 0 Å². The lowest BCUT2D eigenvalue weighted by atomic mass is 9.70. The highest BCUT2D eigenvalue weighted by Crippen LogP contribution is 2.62. The Bertz CT molecular complexity index is 2240. The molecule has 7 aromatic rings. The fraction of sp³-hybridized carbons (Fsp3) is 0.119. The molecule has 0 fully saturated rings. The van der Waals surface area contributed by atoms with Crippen LogP contribution < -0.4 is 0 Å². The molecule has 0 bridgehead atoms. The Kier molecular flexibility index (Phi) is 4.87. The Balaban J connectivity index is 1.29. The molecule has 9 rings (SSSR count). The molecule has 43 heavy (non-hydrogen) atoms. The van der Waals surface area contributed by atoms with Crippen LogP contribution in [0.1, 0.15) is 48.6 Å². The first kappa shape index (κ1) is 24.6. The number of rotatable bonds is 1. The highest BCUT2D eigenvalue weighted by atomic mass is 14.7. The molecule has 1 nitrogen and oxygen atoms in total. The van der Waals surface area contributed by atoms with Crippen LogP contribution in [0.5, 0.6) is 0 Å². The summed E-state index contributed by atoms with van der Waals surface area (Å²) in [5.41, 5.74) is 14.1. The summed E-state index contributed by atoms with van der Waals surface area (Å²) in [7, 11) is 0. The number of benzene rings is 6. The maximum Gasteiger partial charge on any atom is 0.0780 e. The zero-order chi connectivity index (χ0) is 28.9. The zero-order valence-electron chi connectivity index (χ0n) is 24.6. The van der Waals surface area contributed by atoms with E-state index in [1.54, 1.807) is 0 Å². The highest BCUT2D eigenvalue weighted by Gasteiger charge is 2.51. The van der Waals surface area contributed by atoms with Crippen LogP contribution in [0.25, 0.3) is 55.1 Å². The first-order valence-electron chi connectivity index (χ1n) is 15.2. The molecule has 6 aromatic carbocycles. The maximum absolute atomic E-state index is 4.98. The van der Waals surface area contributed by atoms with Crippen molar-refractivity contribution in [2.45, 2.75) is 31.6 Å². The molecule has 1 heteroatoms. The molecular formula is C42H31N. The lowest BCUT2D eigenvalue weighted by Crippen LogP contribution is -2.25. The van der Waals surface area contributed by atoms with Gasteiger partial charge in [-0.2, -0.15) is 0 Å². The number of aromatic nitrogens is 1. The van der Waals surface area contributed by atoms with E-state index in [-0.39, 0.29) is 10.8 Å². The van der Waals surface area contributed by atoms with Gasteiger partial charge in [0.2, 0.25) is 0 Å². The van der Waals surface area contributed by atoms with Crippen molar-refractivity contribution >= 4 is 21.5 Å². The van der Waals surface area contributed by atoms with Crippen molar-refractivity contribution in [1.82, 2.24) is 4.98 Å². The Morgan fingerprint density at radius 2 is 1.07 bits per heavy atom. The van der Waals surface area contributed by atoms with Crippen molar-refractivity contribution < 1.29 is 0 Å². The Morgan fingerprint density at radius 3 is 1.72 bits per heavy atom. The Hall–Kier alpha value is -5.01. The van der Waals surface area contributed by atoms with Gasteiger partial charge < -0.3 is 0 Å². The zero-order valence-corrected chi connectivity index (χ0v) is 24.6. The van der Waals surface area contributed by atoms with Crippen molar-refractivity contribution in [3.63, 3.8) is 0 Å². The molecule has 1 heterocycles. The van der Waals surface area contributed by atoms with Gasteiger partial charge in [-0.25, -0.2) is 0 Å². The molecule has 0 amide bonds.